The van der Waals surface area contributed by atoms with Crippen LogP contribution in [0.4, 0.5) is 0 Å². The first-order chi connectivity index (χ1) is 13.3. The molecule has 0 aromatic heterocycles. The number of hydrogen-bond donors (Lipinski definition) is 1. The number of methoxy groups -OCH3 is 2. The molecular formula is C20H17Cl2NO5. The lowest BCUT2D eigenvalue weighted by atomic mass is 9.95. The molecule has 28 heavy (non-hydrogen) atoms. The zero-order chi connectivity index (χ0) is 20.6. The maximum atomic E-state index is 12.6. The average molecular weight is 422 g/mol. The van der Waals surface area contributed by atoms with Crippen molar-refractivity contribution in [3.8, 4) is 11.5 Å². The van der Waals surface area contributed by atoms with Crippen LogP contribution in [0, 0.1) is 0 Å². The standard InChI is InChI=1S/C20H17Cl2NO5/c1-23-17(12-6-5-11(21)9-13(12)22)16(19(25)20(23)26)18(24)10-4-7-14(27-2)15(8-10)28-3/h4-9,17,24H,1-3H3. The number of carbonyl (C=O) groups is 2. The fourth-order valence-electron chi connectivity index (χ4n) is 3.17. The summed E-state index contributed by atoms with van der Waals surface area (Å²) in [5.41, 5.74) is 0.720. The Morgan fingerprint density at radius 1 is 1.04 bits per heavy atom. The third-order valence-corrected chi connectivity index (χ3v) is 5.15. The topological polar surface area (TPSA) is 76.1 Å². The highest BCUT2D eigenvalue weighted by Crippen LogP contribution is 2.42. The van der Waals surface area contributed by atoms with Crippen LogP contribution in [0.3, 0.4) is 0 Å². The van der Waals surface area contributed by atoms with Gasteiger partial charge in [0.1, 0.15) is 5.76 Å². The van der Waals surface area contributed by atoms with Crippen LogP contribution in [-0.2, 0) is 9.59 Å². The number of hydrogen-bond acceptors (Lipinski definition) is 5. The summed E-state index contributed by atoms with van der Waals surface area (Å²) in [5, 5.41) is 11.6. The molecule has 0 radical (unpaired) electrons. The highest BCUT2D eigenvalue weighted by Gasteiger charge is 2.45. The van der Waals surface area contributed by atoms with Crippen molar-refractivity contribution in [1.82, 2.24) is 4.90 Å². The Labute approximate surface area is 171 Å². The maximum absolute atomic E-state index is 12.6. The Hall–Kier alpha value is -2.70. The second-order valence-corrected chi connectivity index (χ2v) is 6.99. The van der Waals surface area contributed by atoms with Gasteiger partial charge in [-0.2, -0.15) is 0 Å². The van der Waals surface area contributed by atoms with E-state index in [-0.39, 0.29) is 16.4 Å². The average Bonchev–Trinajstić information content (AvgIpc) is 2.91. The van der Waals surface area contributed by atoms with E-state index in [2.05, 4.69) is 0 Å². The summed E-state index contributed by atoms with van der Waals surface area (Å²) in [6, 6.07) is 8.59. The van der Waals surface area contributed by atoms with Gasteiger partial charge in [-0.3, -0.25) is 9.59 Å². The smallest absolute Gasteiger partial charge is 0.295 e. The van der Waals surface area contributed by atoms with Crippen LogP contribution in [0.1, 0.15) is 17.2 Å². The summed E-state index contributed by atoms with van der Waals surface area (Å²) in [6.07, 6.45) is 0. The van der Waals surface area contributed by atoms with E-state index in [0.717, 1.165) is 0 Å². The predicted molar refractivity (Wildman–Crippen MR) is 106 cm³/mol. The molecule has 1 N–H and O–H groups in total. The van der Waals surface area contributed by atoms with Crippen molar-refractivity contribution < 1.29 is 24.2 Å². The van der Waals surface area contributed by atoms with Gasteiger partial charge in [0.2, 0.25) is 0 Å². The Morgan fingerprint density at radius 3 is 2.32 bits per heavy atom. The van der Waals surface area contributed by atoms with E-state index in [0.29, 0.717) is 27.6 Å². The van der Waals surface area contributed by atoms with Crippen molar-refractivity contribution in [2.24, 2.45) is 0 Å². The number of likely N-dealkylation sites (N-methyl/N-ethyl adjacent to an activating group) is 1. The Bertz CT molecular complexity index is 1000. The van der Waals surface area contributed by atoms with Crippen molar-refractivity contribution in [2.45, 2.75) is 6.04 Å². The number of ketones is 1. The molecule has 1 unspecified atom stereocenters. The second kappa shape index (κ2) is 7.73. The lowest BCUT2D eigenvalue weighted by Crippen LogP contribution is -2.25. The molecule has 1 saturated heterocycles. The lowest BCUT2D eigenvalue weighted by Gasteiger charge is -2.22. The molecule has 1 fully saturated rings. The summed E-state index contributed by atoms with van der Waals surface area (Å²) >= 11 is 12.3. The van der Waals surface area contributed by atoms with Crippen LogP contribution in [0.5, 0.6) is 11.5 Å². The first-order valence-electron chi connectivity index (χ1n) is 8.22. The Balaban J connectivity index is 2.20. The van der Waals surface area contributed by atoms with Crippen molar-refractivity contribution in [3.05, 3.63) is 63.1 Å². The van der Waals surface area contributed by atoms with Gasteiger partial charge in [-0.1, -0.05) is 29.3 Å². The third-order valence-electron chi connectivity index (χ3n) is 4.59. The molecule has 1 atom stereocenters. The molecular weight excluding hydrogens is 405 g/mol. The van der Waals surface area contributed by atoms with Crippen molar-refractivity contribution in [2.75, 3.05) is 21.3 Å². The minimum absolute atomic E-state index is 0.0658. The third kappa shape index (κ3) is 3.30. The molecule has 1 heterocycles. The van der Waals surface area contributed by atoms with Gasteiger partial charge in [0, 0.05) is 22.7 Å². The molecule has 2 aromatic carbocycles. The van der Waals surface area contributed by atoms with Crippen LogP contribution in [-0.4, -0.2) is 43.0 Å². The summed E-state index contributed by atoms with van der Waals surface area (Å²) in [5.74, 6) is -1.03. The van der Waals surface area contributed by atoms with Gasteiger partial charge in [-0.15, -0.1) is 0 Å². The Morgan fingerprint density at radius 2 is 1.71 bits per heavy atom. The minimum atomic E-state index is -0.849. The van der Waals surface area contributed by atoms with Crippen LogP contribution < -0.4 is 9.47 Å². The van der Waals surface area contributed by atoms with Crippen LogP contribution in [0.2, 0.25) is 10.0 Å². The normalized spacial score (nSPS) is 18.5. The molecule has 0 aliphatic carbocycles. The number of carbonyl (C=O) groups excluding carboxylic acids is 2. The maximum Gasteiger partial charge on any atom is 0.295 e. The zero-order valence-electron chi connectivity index (χ0n) is 15.3. The molecule has 1 amide bonds. The number of Topliss-reactive ketones (excluding diaryl/α,β-unsaturated/α-hetero) is 1. The van der Waals surface area contributed by atoms with Gasteiger partial charge in [-0.25, -0.2) is 0 Å². The van der Waals surface area contributed by atoms with Gasteiger partial charge in [-0.05, 0) is 35.9 Å². The van der Waals surface area contributed by atoms with Gasteiger partial charge in [0.15, 0.2) is 11.5 Å². The van der Waals surface area contributed by atoms with Crippen molar-refractivity contribution >= 4 is 40.7 Å². The number of aliphatic hydroxyl groups excluding tert-OH is 1. The monoisotopic (exact) mass is 421 g/mol. The molecule has 3 rings (SSSR count). The van der Waals surface area contributed by atoms with E-state index >= 15 is 0 Å². The zero-order valence-corrected chi connectivity index (χ0v) is 16.8. The van der Waals surface area contributed by atoms with Gasteiger partial charge < -0.3 is 19.5 Å². The molecule has 8 heteroatoms. The van der Waals surface area contributed by atoms with Gasteiger partial charge in [0.25, 0.3) is 11.7 Å². The Kier molecular flexibility index (Phi) is 5.54. The van der Waals surface area contributed by atoms with Gasteiger partial charge in [0.05, 0.1) is 25.8 Å². The predicted octanol–water partition coefficient (Wildman–Crippen LogP) is 4.06. The van der Waals surface area contributed by atoms with E-state index < -0.39 is 17.7 Å². The fourth-order valence-corrected chi connectivity index (χ4v) is 3.69. The molecule has 0 saturated carbocycles. The number of amides is 1. The van der Waals surface area contributed by atoms with Gasteiger partial charge >= 0.3 is 0 Å². The second-order valence-electron chi connectivity index (χ2n) is 6.15. The number of benzene rings is 2. The fraction of sp³-hybridized carbons (Fsp3) is 0.200. The highest BCUT2D eigenvalue weighted by atomic mass is 35.5. The van der Waals surface area contributed by atoms with E-state index in [1.807, 2.05) is 0 Å². The molecule has 0 bridgehead atoms. The number of rotatable bonds is 4. The summed E-state index contributed by atoms with van der Waals surface area (Å²) in [4.78, 5) is 26.2. The molecule has 1 aliphatic heterocycles. The SMILES string of the molecule is COc1ccc(C(O)=C2C(=O)C(=O)N(C)C2c2ccc(Cl)cc2Cl)cc1OC. The van der Waals surface area contributed by atoms with E-state index in [1.54, 1.807) is 24.3 Å². The minimum Gasteiger partial charge on any atom is -0.507 e. The summed E-state index contributed by atoms with van der Waals surface area (Å²) in [7, 11) is 4.42. The number of aliphatic hydroxyl groups is 1. The van der Waals surface area contributed by atoms with E-state index in [1.165, 1.54) is 38.3 Å². The largest absolute Gasteiger partial charge is 0.507 e. The molecule has 6 nitrogen and oxygen atoms in total. The van der Waals surface area contributed by atoms with Crippen molar-refractivity contribution in [1.29, 1.82) is 0 Å². The molecule has 146 valence electrons. The van der Waals surface area contributed by atoms with E-state index in [4.69, 9.17) is 32.7 Å². The lowest BCUT2D eigenvalue weighted by molar-refractivity contribution is -0.139. The summed E-state index contributed by atoms with van der Waals surface area (Å²) < 4.78 is 10.4. The first-order valence-corrected chi connectivity index (χ1v) is 8.97. The van der Waals surface area contributed by atoms with Crippen LogP contribution in [0.25, 0.3) is 5.76 Å². The molecule has 2 aromatic rings. The van der Waals surface area contributed by atoms with Crippen LogP contribution in [0.15, 0.2) is 42.0 Å². The number of ether oxygens (including phenoxy) is 2. The molecule has 0 spiro atoms. The summed E-state index contributed by atoms with van der Waals surface area (Å²) in [6.45, 7) is 0. The number of halogens is 2. The van der Waals surface area contributed by atoms with Crippen molar-refractivity contribution in [3.63, 3.8) is 0 Å². The molecule has 1 aliphatic rings. The van der Waals surface area contributed by atoms with Crippen LogP contribution >= 0.6 is 23.2 Å². The first kappa shape index (κ1) is 20.0. The van der Waals surface area contributed by atoms with E-state index in [9.17, 15) is 14.7 Å². The quantitative estimate of drug-likeness (QED) is 0.457. The highest BCUT2D eigenvalue weighted by molar-refractivity contribution is 6.47. The number of nitrogens with zero attached hydrogens (tertiary/aromatic N) is 1. The number of likely N-dealkylation sites (tertiary alicyclic amines) is 1.